The summed E-state index contributed by atoms with van der Waals surface area (Å²) in [6.07, 6.45) is 1.61. The summed E-state index contributed by atoms with van der Waals surface area (Å²) >= 11 is 3.45. The van der Waals surface area contributed by atoms with Gasteiger partial charge in [-0.25, -0.2) is 4.98 Å². The van der Waals surface area contributed by atoms with Crippen LogP contribution in [-0.2, 0) is 11.2 Å². The summed E-state index contributed by atoms with van der Waals surface area (Å²) in [7, 11) is 0. The van der Waals surface area contributed by atoms with Crippen LogP contribution in [-0.4, -0.2) is 15.2 Å². The Morgan fingerprint density at radius 2 is 1.42 bits per heavy atom. The number of aliphatic hydroxyl groups is 2. The minimum absolute atomic E-state index is 0.435. The molecule has 0 amide bonds. The van der Waals surface area contributed by atoms with Crippen molar-refractivity contribution in [1.82, 2.24) is 4.98 Å². The van der Waals surface area contributed by atoms with Crippen LogP contribution in [0.2, 0.25) is 0 Å². The van der Waals surface area contributed by atoms with Gasteiger partial charge in [0, 0.05) is 11.8 Å². The second kappa shape index (κ2) is 6.47. The van der Waals surface area contributed by atoms with Crippen molar-refractivity contribution in [2.45, 2.75) is 52.7 Å². The number of hydrogen-bond acceptors (Lipinski definition) is 4. The van der Waals surface area contributed by atoms with Gasteiger partial charge >= 0.3 is 0 Å². The maximum Gasteiger partial charge on any atom is 0.233 e. The van der Waals surface area contributed by atoms with Crippen LogP contribution in [0.5, 0.6) is 11.6 Å². The van der Waals surface area contributed by atoms with E-state index in [4.69, 9.17) is 4.74 Å². The van der Waals surface area contributed by atoms with E-state index in [1.807, 2.05) is 26.0 Å². The first-order chi connectivity index (χ1) is 10.9. The van der Waals surface area contributed by atoms with Crippen LogP contribution in [0, 0.1) is 13.8 Å². The molecule has 2 N–H and O–H groups in total. The third kappa shape index (κ3) is 4.15. The zero-order valence-corrected chi connectivity index (χ0v) is 16.5. The molecule has 1 aromatic carbocycles. The molecule has 0 saturated carbocycles. The summed E-state index contributed by atoms with van der Waals surface area (Å²) in [5.74, 6) is 1.15. The monoisotopic (exact) mass is 393 g/mol. The SMILES string of the molecule is Cc1cc(C(C)(C)O)cc(C)c1Oc1ncc(C(C)(C)O)cc1Br. The van der Waals surface area contributed by atoms with Crippen LogP contribution >= 0.6 is 15.9 Å². The Morgan fingerprint density at radius 3 is 1.83 bits per heavy atom. The standard InChI is InChI=1S/C19H24BrNO3/c1-11-7-13(18(3,4)22)8-12(2)16(11)24-17-15(20)9-14(10-21-17)19(5,6)23/h7-10,22-23H,1-6H3. The van der Waals surface area contributed by atoms with Gasteiger partial charge in [-0.2, -0.15) is 0 Å². The summed E-state index contributed by atoms with van der Waals surface area (Å²) < 4.78 is 6.66. The molecular formula is C19H24BrNO3. The average molecular weight is 394 g/mol. The zero-order valence-electron chi connectivity index (χ0n) is 14.9. The van der Waals surface area contributed by atoms with Gasteiger partial charge in [0.05, 0.1) is 15.7 Å². The highest BCUT2D eigenvalue weighted by Gasteiger charge is 2.21. The first kappa shape index (κ1) is 18.9. The van der Waals surface area contributed by atoms with E-state index in [9.17, 15) is 10.2 Å². The van der Waals surface area contributed by atoms with Crippen molar-refractivity contribution in [3.63, 3.8) is 0 Å². The molecule has 0 aliphatic heterocycles. The quantitative estimate of drug-likeness (QED) is 0.789. The van der Waals surface area contributed by atoms with Crippen LogP contribution in [0.3, 0.4) is 0 Å². The Morgan fingerprint density at radius 1 is 0.917 bits per heavy atom. The second-order valence-electron chi connectivity index (χ2n) is 7.17. The second-order valence-corrected chi connectivity index (χ2v) is 8.02. The van der Waals surface area contributed by atoms with Gasteiger partial charge in [0.2, 0.25) is 5.88 Å². The average Bonchev–Trinajstić information content (AvgIpc) is 2.41. The highest BCUT2D eigenvalue weighted by molar-refractivity contribution is 9.10. The van der Waals surface area contributed by atoms with Crippen molar-refractivity contribution in [3.8, 4) is 11.6 Å². The Hall–Kier alpha value is -1.43. The fraction of sp³-hybridized carbons (Fsp3) is 0.421. The van der Waals surface area contributed by atoms with E-state index in [0.29, 0.717) is 21.7 Å². The topological polar surface area (TPSA) is 62.6 Å². The lowest BCUT2D eigenvalue weighted by Gasteiger charge is -2.22. The van der Waals surface area contributed by atoms with Crippen molar-refractivity contribution >= 4 is 15.9 Å². The number of hydrogen-bond donors (Lipinski definition) is 2. The number of rotatable bonds is 4. The van der Waals surface area contributed by atoms with Crippen molar-refractivity contribution in [1.29, 1.82) is 0 Å². The van der Waals surface area contributed by atoms with E-state index in [2.05, 4.69) is 20.9 Å². The molecule has 0 bridgehead atoms. The first-order valence-corrected chi connectivity index (χ1v) is 8.59. The molecule has 0 radical (unpaired) electrons. The first-order valence-electron chi connectivity index (χ1n) is 7.80. The molecule has 0 spiro atoms. The van der Waals surface area contributed by atoms with Gasteiger partial charge in [0.15, 0.2) is 0 Å². The normalized spacial score (nSPS) is 12.4. The predicted molar refractivity (Wildman–Crippen MR) is 98.4 cm³/mol. The minimum atomic E-state index is -0.964. The maximum absolute atomic E-state index is 10.2. The molecule has 0 atom stereocenters. The van der Waals surface area contributed by atoms with E-state index in [1.165, 1.54) is 0 Å². The largest absolute Gasteiger partial charge is 0.437 e. The molecule has 2 rings (SSSR count). The van der Waals surface area contributed by atoms with E-state index in [1.54, 1.807) is 40.0 Å². The molecule has 1 aromatic heterocycles. The Bertz CT molecular complexity index is 735. The highest BCUT2D eigenvalue weighted by atomic mass is 79.9. The van der Waals surface area contributed by atoms with Gasteiger partial charge < -0.3 is 14.9 Å². The molecule has 2 aromatic rings. The van der Waals surface area contributed by atoms with Gasteiger partial charge in [0.25, 0.3) is 0 Å². The molecule has 0 aliphatic carbocycles. The van der Waals surface area contributed by atoms with Gasteiger partial charge in [-0.05, 0) is 92.4 Å². The maximum atomic E-state index is 10.2. The number of aromatic nitrogens is 1. The Labute approximate surface area is 151 Å². The number of benzene rings is 1. The Kier molecular flexibility index (Phi) is 5.09. The summed E-state index contributed by atoms with van der Waals surface area (Å²) in [5, 5.41) is 20.2. The van der Waals surface area contributed by atoms with Gasteiger partial charge in [-0.3, -0.25) is 0 Å². The predicted octanol–water partition coefficient (Wildman–Crippen LogP) is 4.71. The van der Waals surface area contributed by atoms with E-state index in [0.717, 1.165) is 16.7 Å². The van der Waals surface area contributed by atoms with Crippen molar-refractivity contribution < 1.29 is 14.9 Å². The van der Waals surface area contributed by atoms with Crippen LogP contribution in [0.1, 0.15) is 49.9 Å². The number of pyridine rings is 1. The molecule has 0 unspecified atom stereocenters. The van der Waals surface area contributed by atoms with Crippen LogP contribution in [0.15, 0.2) is 28.9 Å². The van der Waals surface area contributed by atoms with Gasteiger partial charge in [0.1, 0.15) is 5.75 Å². The lowest BCUT2D eigenvalue weighted by Crippen LogP contribution is -2.16. The lowest BCUT2D eigenvalue weighted by molar-refractivity contribution is 0.0777. The molecule has 24 heavy (non-hydrogen) atoms. The molecule has 4 nitrogen and oxygen atoms in total. The summed E-state index contributed by atoms with van der Waals surface area (Å²) in [4.78, 5) is 4.31. The third-order valence-electron chi connectivity index (χ3n) is 3.88. The molecule has 1 heterocycles. The summed E-state index contributed by atoms with van der Waals surface area (Å²) in [6, 6.07) is 5.64. The third-order valence-corrected chi connectivity index (χ3v) is 4.45. The molecule has 5 heteroatoms. The van der Waals surface area contributed by atoms with E-state index < -0.39 is 11.2 Å². The molecule has 0 saturated heterocycles. The number of aryl methyl sites for hydroxylation is 2. The molecular weight excluding hydrogens is 370 g/mol. The van der Waals surface area contributed by atoms with Gasteiger partial charge in [-0.1, -0.05) is 0 Å². The minimum Gasteiger partial charge on any atom is -0.437 e. The Balaban J connectivity index is 2.39. The molecule has 0 aliphatic rings. The van der Waals surface area contributed by atoms with E-state index in [-0.39, 0.29) is 0 Å². The fourth-order valence-corrected chi connectivity index (χ4v) is 2.83. The van der Waals surface area contributed by atoms with E-state index >= 15 is 0 Å². The van der Waals surface area contributed by atoms with Crippen molar-refractivity contribution in [3.05, 3.63) is 51.1 Å². The zero-order chi connectivity index (χ0) is 18.3. The van der Waals surface area contributed by atoms with Gasteiger partial charge in [-0.15, -0.1) is 0 Å². The van der Waals surface area contributed by atoms with Crippen molar-refractivity contribution in [2.75, 3.05) is 0 Å². The summed E-state index contributed by atoms with van der Waals surface area (Å²) in [6.45, 7) is 10.8. The fourth-order valence-electron chi connectivity index (χ4n) is 2.40. The van der Waals surface area contributed by atoms with Crippen molar-refractivity contribution in [2.24, 2.45) is 0 Å². The van der Waals surface area contributed by atoms with Crippen LogP contribution < -0.4 is 4.74 Å². The molecule has 0 fully saturated rings. The lowest BCUT2D eigenvalue weighted by atomic mass is 9.94. The number of ether oxygens (including phenoxy) is 1. The number of nitrogens with zero attached hydrogens (tertiary/aromatic N) is 1. The van der Waals surface area contributed by atoms with Crippen LogP contribution in [0.25, 0.3) is 0 Å². The number of halogens is 1. The summed E-state index contributed by atoms with van der Waals surface area (Å²) in [5.41, 5.74) is 1.52. The van der Waals surface area contributed by atoms with Crippen LogP contribution in [0.4, 0.5) is 0 Å². The smallest absolute Gasteiger partial charge is 0.233 e. The highest BCUT2D eigenvalue weighted by Crippen LogP contribution is 2.36. The molecule has 130 valence electrons.